The summed E-state index contributed by atoms with van der Waals surface area (Å²) < 4.78 is 5.17. The van der Waals surface area contributed by atoms with Gasteiger partial charge < -0.3 is 20.4 Å². The van der Waals surface area contributed by atoms with E-state index in [2.05, 4.69) is 20.9 Å². The fourth-order valence-corrected chi connectivity index (χ4v) is 2.28. The summed E-state index contributed by atoms with van der Waals surface area (Å²) in [6, 6.07) is 14.3. The molecular weight excluding hydrogens is 332 g/mol. The zero-order chi connectivity index (χ0) is 18.4. The molecule has 1 aromatic carbocycles. The molecule has 0 fully saturated rings. The molecule has 2 amide bonds. The highest BCUT2D eigenvalue weighted by Gasteiger charge is 2.08. The van der Waals surface area contributed by atoms with Crippen LogP contribution < -0.4 is 16.0 Å². The van der Waals surface area contributed by atoms with Crippen LogP contribution in [0.2, 0.25) is 0 Å². The van der Waals surface area contributed by atoms with Gasteiger partial charge in [-0.2, -0.15) is 0 Å². The SMILES string of the molecule is CC(=O)Nc1ccc(Nc2ccc(C(=O)NCc3ccco3)nc2)cc1. The predicted octanol–water partition coefficient (Wildman–Crippen LogP) is 3.31. The number of rotatable bonds is 6. The van der Waals surface area contributed by atoms with Gasteiger partial charge >= 0.3 is 0 Å². The molecule has 132 valence electrons. The molecule has 3 rings (SSSR count). The van der Waals surface area contributed by atoms with Crippen molar-refractivity contribution in [3.63, 3.8) is 0 Å². The van der Waals surface area contributed by atoms with Gasteiger partial charge in [0.2, 0.25) is 5.91 Å². The van der Waals surface area contributed by atoms with E-state index in [-0.39, 0.29) is 11.8 Å². The first-order chi connectivity index (χ1) is 12.6. The number of aromatic nitrogens is 1. The Morgan fingerprint density at radius 1 is 1.00 bits per heavy atom. The van der Waals surface area contributed by atoms with E-state index in [0.717, 1.165) is 17.1 Å². The Bertz CT molecular complexity index is 872. The molecule has 0 radical (unpaired) electrons. The summed E-state index contributed by atoms with van der Waals surface area (Å²) in [4.78, 5) is 27.3. The molecule has 0 spiro atoms. The van der Waals surface area contributed by atoms with Crippen molar-refractivity contribution < 1.29 is 14.0 Å². The summed E-state index contributed by atoms with van der Waals surface area (Å²) in [5.74, 6) is 0.294. The molecule has 0 aliphatic carbocycles. The molecule has 3 N–H and O–H groups in total. The third-order valence-corrected chi connectivity index (χ3v) is 3.49. The molecule has 2 heterocycles. The number of carbonyl (C=O) groups excluding carboxylic acids is 2. The quantitative estimate of drug-likeness (QED) is 0.634. The Balaban J connectivity index is 1.56. The normalized spacial score (nSPS) is 10.2. The van der Waals surface area contributed by atoms with Crippen molar-refractivity contribution in [1.29, 1.82) is 0 Å². The highest BCUT2D eigenvalue weighted by Crippen LogP contribution is 2.18. The van der Waals surface area contributed by atoms with E-state index in [0.29, 0.717) is 18.0 Å². The van der Waals surface area contributed by atoms with Crippen LogP contribution in [0.5, 0.6) is 0 Å². The Hall–Kier alpha value is -3.61. The number of hydrogen-bond donors (Lipinski definition) is 3. The van der Waals surface area contributed by atoms with Crippen molar-refractivity contribution in [1.82, 2.24) is 10.3 Å². The molecule has 0 aliphatic heterocycles. The van der Waals surface area contributed by atoms with E-state index in [4.69, 9.17) is 4.42 Å². The average Bonchev–Trinajstić information content (AvgIpc) is 3.15. The lowest BCUT2D eigenvalue weighted by Crippen LogP contribution is -2.23. The minimum Gasteiger partial charge on any atom is -0.467 e. The van der Waals surface area contributed by atoms with Crippen LogP contribution >= 0.6 is 0 Å². The highest BCUT2D eigenvalue weighted by atomic mass is 16.3. The summed E-state index contributed by atoms with van der Waals surface area (Å²) in [5.41, 5.74) is 2.64. The molecular formula is C19H18N4O3. The largest absolute Gasteiger partial charge is 0.467 e. The molecule has 0 aliphatic rings. The monoisotopic (exact) mass is 350 g/mol. The second kappa shape index (κ2) is 7.98. The van der Waals surface area contributed by atoms with Gasteiger partial charge in [0.15, 0.2) is 0 Å². The predicted molar refractivity (Wildman–Crippen MR) is 98.1 cm³/mol. The summed E-state index contributed by atoms with van der Waals surface area (Å²) >= 11 is 0. The van der Waals surface area contributed by atoms with Crippen LogP contribution in [0, 0.1) is 0 Å². The van der Waals surface area contributed by atoms with E-state index < -0.39 is 0 Å². The van der Waals surface area contributed by atoms with Crippen molar-refractivity contribution in [2.45, 2.75) is 13.5 Å². The first-order valence-electron chi connectivity index (χ1n) is 8.01. The maximum absolute atomic E-state index is 12.1. The molecule has 0 bridgehead atoms. The van der Waals surface area contributed by atoms with E-state index in [1.165, 1.54) is 6.92 Å². The Morgan fingerprint density at radius 3 is 2.35 bits per heavy atom. The molecule has 7 heteroatoms. The van der Waals surface area contributed by atoms with Crippen LogP contribution in [-0.2, 0) is 11.3 Å². The van der Waals surface area contributed by atoms with Crippen LogP contribution in [0.1, 0.15) is 23.2 Å². The lowest BCUT2D eigenvalue weighted by molar-refractivity contribution is -0.114. The van der Waals surface area contributed by atoms with Crippen molar-refractivity contribution in [3.05, 3.63) is 72.4 Å². The summed E-state index contributed by atoms with van der Waals surface area (Å²) in [7, 11) is 0. The molecule has 2 aromatic heterocycles. The second-order valence-electron chi connectivity index (χ2n) is 5.58. The number of furan rings is 1. The lowest BCUT2D eigenvalue weighted by atomic mass is 10.2. The van der Waals surface area contributed by atoms with Crippen LogP contribution in [0.25, 0.3) is 0 Å². The lowest BCUT2D eigenvalue weighted by Gasteiger charge is -2.08. The van der Waals surface area contributed by atoms with Gasteiger partial charge in [0.25, 0.3) is 5.91 Å². The highest BCUT2D eigenvalue weighted by molar-refractivity contribution is 5.92. The van der Waals surface area contributed by atoms with Gasteiger partial charge in [0.1, 0.15) is 11.5 Å². The number of carbonyl (C=O) groups is 2. The van der Waals surface area contributed by atoms with E-state index in [1.807, 2.05) is 12.1 Å². The van der Waals surface area contributed by atoms with Gasteiger partial charge in [-0.25, -0.2) is 4.98 Å². The topological polar surface area (TPSA) is 96.3 Å². The molecule has 0 atom stereocenters. The van der Waals surface area contributed by atoms with Gasteiger partial charge in [-0.1, -0.05) is 0 Å². The molecule has 0 unspecified atom stereocenters. The number of hydrogen-bond acceptors (Lipinski definition) is 5. The minimum absolute atomic E-state index is 0.115. The van der Waals surface area contributed by atoms with Crippen LogP contribution in [-0.4, -0.2) is 16.8 Å². The molecule has 26 heavy (non-hydrogen) atoms. The Morgan fingerprint density at radius 2 is 1.73 bits per heavy atom. The first kappa shape index (κ1) is 17.2. The molecule has 3 aromatic rings. The summed E-state index contributed by atoms with van der Waals surface area (Å²) in [5, 5.41) is 8.63. The second-order valence-corrected chi connectivity index (χ2v) is 5.58. The van der Waals surface area contributed by atoms with Gasteiger partial charge in [-0.15, -0.1) is 0 Å². The fourth-order valence-electron chi connectivity index (χ4n) is 2.28. The smallest absolute Gasteiger partial charge is 0.270 e. The summed E-state index contributed by atoms with van der Waals surface area (Å²) in [6.07, 6.45) is 3.15. The standard InChI is InChI=1S/C19H18N4O3/c1-13(24)22-14-4-6-15(7-5-14)23-16-8-9-18(20-11-16)19(25)21-12-17-3-2-10-26-17/h2-11,23H,12H2,1H3,(H,21,25)(H,22,24). The van der Waals surface area contributed by atoms with Crippen molar-refractivity contribution in [2.24, 2.45) is 0 Å². The third kappa shape index (κ3) is 4.70. The number of nitrogens with one attached hydrogen (secondary N) is 3. The van der Waals surface area contributed by atoms with Crippen molar-refractivity contribution in [3.8, 4) is 0 Å². The van der Waals surface area contributed by atoms with Crippen molar-refractivity contribution >= 4 is 28.9 Å². The fraction of sp³-hybridized carbons (Fsp3) is 0.105. The van der Waals surface area contributed by atoms with Crippen LogP contribution in [0.3, 0.4) is 0 Å². The van der Waals surface area contributed by atoms with Crippen LogP contribution in [0.4, 0.5) is 17.1 Å². The Kier molecular flexibility index (Phi) is 5.28. The van der Waals surface area contributed by atoms with E-state index >= 15 is 0 Å². The zero-order valence-corrected chi connectivity index (χ0v) is 14.2. The maximum atomic E-state index is 12.1. The molecule has 7 nitrogen and oxygen atoms in total. The number of benzene rings is 1. The number of nitrogens with zero attached hydrogens (tertiary/aromatic N) is 1. The maximum Gasteiger partial charge on any atom is 0.270 e. The third-order valence-electron chi connectivity index (χ3n) is 3.49. The van der Waals surface area contributed by atoms with E-state index in [9.17, 15) is 9.59 Å². The number of pyridine rings is 1. The number of anilines is 3. The van der Waals surface area contributed by atoms with Gasteiger partial charge in [-0.3, -0.25) is 9.59 Å². The number of amides is 2. The minimum atomic E-state index is -0.271. The zero-order valence-electron chi connectivity index (χ0n) is 14.2. The van der Waals surface area contributed by atoms with Crippen molar-refractivity contribution in [2.75, 3.05) is 10.6 Å². The van der Waals surface area contributed by atoms with Gasteiger partial charge in [-0.05, 0) is 48.5 Å². The van der Waals surface area contributed by atoms with Crippen LogP contribution in [0.15, 0.2) is 65.4 Å². The first-order valence-corrected chi connectivity index (χ1v) is 8.01. The average molecular weight is 350 g/mol. The van der Waals surface area contributed by atoms with E-state index in [1.54, 1.807) is 48.9 Å². The van der Waals surface area contributed by atoms with Gasteiger partial charge in [0, 0.05) is 18.3 Å². The summed E-state index contributed by atoms with van der Waals surface area (Å²) in [6.45, 7) is 1.78. The molecule has 0 saturated heterocycles. The van der Waals surface area contributed by atoms with Gasteiger partial charge in [0.05, 0.1) is 24.7 Å². The Labute approximate surface area is 150 Å². The molecule has 0 saturated carbocycles.